The van der Waals surface area contributed by atoms with Crippen LogP contribution < -0.4 is 0 Å². The molecule has 6 heteroatoms. The van der Waals surface area contributed by atoms with Gasteiger partial charge in [0.05, 0.1) is 17.1 Å². The van der Waals surface area contributed by atoms with Gasteiger partial charge in [0, 0.05) is 10.7 Å². The fraction of sp³-hybridized carbons (Fsp3) is 0.533. The molecule has 4 nitrogen and oxygen atoms in total. The molecule has 1 aliphatic rings. The fourth-order valence-electron chi connectivity index (χ4n) is 2.65. The van der Waals surface area contributed by atoms with Crippen molar-refractivity contribution < 1.29 is 17.9 Å². The van der Waals surface area contributed by atoms with E-state index < -0.39 is 15.0 Å². The van der Waals surface area contributed by atoms with E-state index in [2.05, 4.69) is 0 Å². The summed E-state index contributed by atoms with van der Waals surface area (Å²) in [5, 5.41) is 0. The zero-order valence-electron chi connectivity index (χ0n) is 12.0. The Morgan fingerprint density at radius 2 is 2.00 bits per heavy atom. The molecule has 2 rings (SSSR count). The van der Waals surface area contributed by atoms with Crippen molar-refractivity contribution in [2.24, 2.45) is 5.92 Å². The quantitative estimate of drug-likeness (QED) is 0.612. The minimum atomic E-state index is -3.87. The van der Waals surface area contributed by atoms with Gasteiger partial charge in [0.25, 0.3) is 9.05 Å². The van der Waals surface area contributed by atoms with Crippen molar-refractivity contribution in [2.75, 3.05) is 6.61 Å². The zero-order valence-corrected chi connectivity index (χ0v) is 13.5. The maximum Gasteiger partial charge on any atom is 0.338 e. The van der Waals surface area contributed by atoms with Crippen LogP contribution in [0.5, 0.6) is 0 Å². The van der Waals surface area contributed by atoms with Gasteiger partial charge in [-0.2, -0.15) is 0 Å². The SMILES string of the molecule is CCc1ccc(C(=O)OCC2CCCC2)cc1S(=O)(=O)Cl. The molecule has 1 aliphatic carbocycles. The van der Waals surface area contributed by atoms with E-state index in [4.69, 9.17) is 15.4 Å². The molecule has 0 atom stereocenters. The molecule has 0 N–H and O–H groups in total. The molecule has 0 aliphatic heterocycles. The number of rotatable bonds is 5. The Hall–Kier alpha value is -1.07. The second kappa shape index (κ2) is 6.79. The lowest BCUT2D eigenvalue weighted by molar-refractivity contribution is 0.0442. The van der Waals surface area contributed by atoms with E-state index in [9.17, 15) is 13.2 Å². The zero-order chi connectivity index (χ0) is 15.5. The number of hydrogen-bond donors (Lipinski definition) is 0. The van der Waals surface area contributed by atoms with Crippen molar-refractivity contribution in [1.82, 2.24) is 0 Å². The first-order valence-corrected chi connectivity index (χ1v) is 9.47. The maximum absolute atomic E-state index is 12.0. The predicted molar refractivity (Wildman–Crippen MR) is 81.1 cm³/mol. The van der Waals surface area contributed by atoms with E-state index in [0.29, 0.717) is 24.5 Å². The largest absolute Gasteiger partial charge is 0.462 e. The summed E-state index contributed by atoms with van der Waals surface area (Å²) in [6.45, 7) is 2.23. The lowest BCUT2D eigenvalue weighted by Crippen LogP contribution is -2.13. The van der Waals surface area contributed by atoms with Crippen LogP contribution in [0.2, 0.25) is 0 Å². The molecule has 0 amide bonds. The highest BCUT2D eigenvalue weighted by molar-refractivity contribution is 8.13. The Balaban J connectivity index is 2.13. The summed E-state index contributed by atoms with van der Waals surface area (Å²) in [7, 11) is 1.55. The Morgan fingerprint density at radius 1 is 1.33 bits per heavy atom. The van der Waals surface area contributed by atoms with Gasteiger partial charge in [-0.25, -0.2) is 13.2 Å². The lowest BCUT2D eigenvalue weighted by Gasteiger charge is -2.11. The Labute approximate surface area is 129 Å². The number of esters is 1. The minimum Gasteiger partial charge on any atom is -0.462 e. The molecule has 21 heavy (non-hydrogen) atoms. The van der Waals surface area contributed by atoms with Gasteiger partial charge in [0.1, 0.15) is 0 Å². The number of halogens is 1. The van der Waals surface area contributed by atoms with Crippen LogP contribution in [0.25, 0.3) is 0 Å². The summed E-state index contributed by atoms with van der Waals surface area (Å²) in [4.78, 5) is 12.0. The van der Waals surface area contributed by atoms with E-state index in [-0.39, 0.29) is 10.5 Å². The summed E-state index contributed by atoms with van der Waals surface area (Å²) in [5.41, 5.74) is 0.821. The molecule has 1 aromatic rings. The van der Waals surface area contributed by atoms with Gasteiger partial charge < -0.3 is 4.74 Å². The average Bonchev–Trinajstić information content (AvgIpc) is 2.96. The van der Waals surface area contributed by atoms with Crippen LogP contribution in [0.3, 0.4) is 0 Å². The number of carbonyl (C=O) groups excluding carboxylic acids is 1. The van der Waals surface area contributed by atoms with Crippen molar-refractivity contribution in [3.05, 3.63) is 29.3 Å². The Kier molecular flexibility index (Phi) is 5.27. The smallest absolute Gasteiger partial charge is 0.338 e. The molecule has 0 heterocycles. The van der Waals surface area contributed by atoms with E-state index in [0.717, 1.165) is 12.8 Å². The predicted octanol–water partition coefficient (Wildman–Crippen LogP) is 3.52. The second-order valence-electron chi connectivity index (χ2n) is 5.36. The van der Waals surface area contributed by atoms with Gasteiger partial charge in [0.15, 0.2) is 0 Å². The summed E-state index contributed by atoms with van der Waals surface area (Å²) >= 11 is 0. The van der Waals surface area contributed by atoms with Crippen LogP contribution in [-0.2, 0) is 20.2 Å². The molecule has 1 aromatic carbocycles. The monoisotopic (exact) mass is 330 g/mol. The molecule has 0 bridgehead atoms. The van der Waals surface area contributed by atoms with Gasteiger partial charge in [-0.3, -0.25) is 0 Å². The average molecular weight is 331 g/mol. The van der Waals surface area contributed by atoms with Crippen LogP contribution in [0.15, 0.2) is 23.1 Å². The molecule has 0 spiro atoms. The first-order chi connectivity index (χ1) is 9.91. The van der Waals surface area contributed by atoms with E-state index in [1.54, 1.807) is 12.1 Å². The summed E-state index contributed by atoms with van der Waals surface area (Å²) in [6, 6.07) is 4.50. The first kappa shape index (κ1) is 16.3. The van der Waals surface area contributed by atoms with Crippen molar-refractivity contribution in [3.8, 4) is 0 Å². The molecule has 1 saturated carbocycles. The molecule has 0 saturated heterocycles. The lowest BCUT2D eigenvalue weighted by atomic mass is 10.1. The van der Waals surface area contributed by atoms with Gasteiger partial charge >= 0.3 is 5.97 Å². The number of ether oxygens (including phenoxy) is 1. The van der Waals surface area contributed by atoms with Crippen LogP contribution in [0.4, 0.5) is 0 Å². The second-order valence-corrected chi connectivity index (χ2v) is 7.90. The van der Waals surface area contributed by atoms with Gasteiger partial charge in [-0.1, -0.05) is 25.8 Å². The third-order valence-corrected chi connectivity index (χ3v) is 5.28. The summed E-state index contributed by atoms with van der Waals surface area (Å²) in [5.74, 6) is -0.0637. The molecule has 116 valence electrons. The highest BCUT2D eigenvalue weighted by atomic mass is 35.7. The van der Waals surface area contributed by atoms with Crippen LogP contribution in [0, 0.1) is 5.92 Å². The van der Waals surface area contributed by atoms with E-state index in [1.807, 2.05) is 6.92 Å². The Bertz CT molecular complexity index is 619. The van der Waals surface area contributed by atoms with Crippen LogP contribution in [-0.4, -0.2) is 21.0 Å². The van der Waals surface area contributed by atoms with Gasteiger partial charge in [-0.15, -0.1) is 0 Å². The highest BCUT2D eigenvalue weighted by Gasteiger charge is 2.20. The van der Waals surface area contributed by atoms with Crippen molar-refractivity contribution in [1.29, 1.82) is 0 Å². The Morgan fingerprint density at radius 3 is 2.57 bits per heavy atom. The van der Waals surface area contributed by atoms with Crippen LogP contribution in [0.1, 0.15) is 48.5 Å². The first-order valence-electron chi connectivity index (χ1n) is 7.16. The summed E-state index contributed by atoms with van der Waals surface area (Å²) in [6.07, 6.45) is 5.06. The normalized spacial score (nSPS) is 16.1. The standard InChI is InChI=1S/C15H19ClO4S/c1-2-12-7-8-13(9-14(12)21(16,18)19)15(17)20-10-11-5-3-4-6-11/h7-9,11H,2-6,10H2,1H3. The topological polar surface area (TPSA) is 60.4 Å². The number of carbonyl (C=O) groups is 1. The third kappa shape index (κ3) is 4.20. The third-order valence-electron chi connectivity index (χ3n) is 3.87. The van der Waals surface area contributed by atoms with Crippen molar-refractivity contribution in [2.45, 2.75) is 43.9 Å². The molecule has 0 radical (unpaired) electrons. The van der Waals surface area contributed by atoms with Gasteiger partial charge in [-0.05, 0) is 42.9 Å². The minimum absolute atomic E-state index is 0.0121. The van der Waals surface area contributed by atoms with E-state index in [1.165, 1.54) is 18.9 Å². The summed E-state index contributed by atoms with van der Waals surface area (Å²) < 4.78 is 28.4. The molecular weight excluding hydrogens is 312 g/mol. The molecule has 1 fully saturated rings. The van der Waals surface area contributed by atoms with E-state index >= 15 is 0 Å². The van der Waals surface area contributed by atoms with Crippen molar-refractivity contribution >= 4 is 25.7 Å². The fourth-order valence-corrected chi connectivity index (χ4v) is 3.88. The van der Waals surface area contributed by atoms with Crippen LogP contribution >= 0.6 is 10.7 Å². The number of aryl methyl sites for hydroxylation is 1. The van der Waals surface area contributed by atoms with Gasteiger partial charge in [0.2, 0.25) is 0 Å². The highest BCUT2D eigenvalue weighted by Crippen LogP contribution is 2.26. The molecule has 0 aromatic heterocycles. The molecular formula is C15H19ClO4S. The molecule has 0 unspecified atom stereocenters. The number of benzene rings is 1. The number of hydrogen-bond acceptors (Lipinski definition) is 4. The van der Waals surface area contributed by atoms with Crippen molar-refractivity contribution in [3.63, 3.8) is 0 Å². The maximum atomic E-state index is 12.0.